The Balaban J connectivity index is 2.30. The highest BCUT2D eigenvalue weighted by Gasteiger charge is 2.32. The van der Waals surface area contributed by atoms with Crippen LogP contribution in [0.4, 0.5) is 0 Å². The van der Waals surface area contributed by atoms with Gasteiger partial charge in [0, 0.05) is 19.0 Å². The van der Waals surface area contributed by atoms with Gasteiger partial charge in [-0.05, 0) is 38.3 Å². The number of carbonyl (C=O) groups is 1. The molecule has 1 aromatic carbocycles. The van der Waals surface area contributed by atoms with Crippen LogP contribution in [0.15, 0.2) is 29.2 Å². The molecule has 0 amide bonds. The average Bonchev–Trinajstić information content (AvgIpc) is 2.39. The number of Topliss-reactive ketones (excluding diaryl/α,β-unsaturated/α-hetero) is 1. The summed E-state index contributed by atoms with van der Waals surface area (Å²) in [7, 11) is -3.48. The third-order valence-electron chi connectivity index (χ3n) is 3.67. The van der Waals surface area contributed by atoms with Crippen molar-refractivity contribution >= 4 is 15.8 Å². The molecule has 0 bridgehead atoms. The van der Waals surface area contributed by atoms with Crippen LogP contribution in [-0.4, -0.2) is 31.6 Å². The topological polar surface area (TPSA) is 54.5 Å². The number of nitrogens with zero attached hydrogens (tertiary/aromatic N) is 1. The Bertz CT molecular complexity index is 580. The summed E-state index contributed by atoms with van der Waals surface area (Å²) in [6.07, 6.45) is 1.53. The summed E-state index contributed by atoms with van der Waals surface area (Å²) < 4.78 is 26.6. The maximum absolute atomic E-state index is 12.6. The molecule has 2 rings (SSSR count). The zero-order valence-electron chi connectivity index (χ0n) is 11.3. The highest BCUT2D eigenvalue weighted by atomic mass is 32.2. The van der Waals surface area contributed by atoms with Crippen LogP contribution in [0.2, 0.25) is 0 Å². The van der Waals surface area contributed by atoms with Crippen LogP contribution in [-0.2, 0) is 14.8 Å². The lowest BCUT2D eigenvalue weighted by atomic mass is 9.96. The molecular formula is C14H19NO3S. The summed E-state index contributed by atoms with van der Waals surface area (Å²) in [5.74, 6) is -0.0859. The number of carbonyl (C=O) groups excluding carboxylic acids is 1. The summed E-state index contributed by atoms with van der Waals surface area (Å²) in [5, 5.41) is 0. The third-order valence-corrected chi connectivity index (χ3v) is 5.70. The first-order chi connectivity index (χ1) is 8.93. The Morgan fingerprint density at radius 2 is 2.00 bits per heavy atom. The number of hydrogen-bond acceptors (Lipinski definition) is 3. The highest BCUT2D eigenvalue weighted by Crippen LogP contribution is 2.25. The summed E-state index contributed by atoms with van der Waals surface area (Å²) in [4.78, 5) is 11.8. The minimum Gasteiger partial charge on any atom is -0.300 e. The van der Waals surface area contributed by atoms with E-state index in [1.54, 1.807) is 25.1 Å². The maximum atomic E-state index is 12.6. The number of sulfonamides is 1. The van der Waals surface area contributed by atoms with E-state index in [1.807, 2.05) is 6.07 Å². The molecule has 1 atom stereocenters. The lowest BCUT2D eigenvalue weighted by molar-refractivity contribution is -0.121. The fourth-order valence-corrected chi connectivity index (χ4v) is 4.23. The van der Waals surface area contributed by atoms with Crippen molar-refractivity contribution in [3.8, 4) is 0 Å². The largest absolute Gasteiger partial charge is 0.300 e. The number of ketones is 1. The molecule has 19 heavy (non-hydrogen) atoms. The Morgan fingerprint density at radius 1 is 1.32 bits per heavy atom. The first-order valence-electron chi connectivity index (χ1n) is 6.49. The van der Waals surface area contributed by atoms with Crippen LogP contribution in [0.25, 0.3) is 0 Å². The molecule has 0 saturated carbocycles. The molecule has 1 aromatic rings. The van der Waals surface area contributed by atoms with E-state index in [2.05, 4.69) is 0 Å². The quantitative estimate of drug-likeness (QED) is 0.851. The van der Waals surface area contributed by atoms with Gasteiger partial charge in [-0.2, -0.15) is 4.31 Å². The van der Waals surface area contributed by atoms with Crippen LogP contribution in [0.1, 0.15) is 25.3 Å². The van der Waals surface area contributed by atoms with Crippen molar-refractivity contribution in [3.63, 3.8) is 0 Å². The number of benzene rings is 1. The third kappa shape index (κ3) is 2.87. The molecule has 1 aliphatic heterocycles. The van der Waals surface area contributed by atoms with Crippen LogP contribution < -0.4 is 0 Å². The molecule has 1 unspecified atom stereocenters. The van der Waals surface area contributed by atoms with Crippen LogP contribution >= 0.6 is 0 Å². The fraction of sp³-hybridized carbons (Fsp3) is 0.500. The molecule has 5 heteroatoms. The van der Waals surface area contributed by atoms with Crippen molar-refractivity contribution in [1.82, 2.24) is 4.31 Å². The lowest BCUT2D eigenvalue weighted by Crippen LogP contribution is -2.42. The molecule has 1 saturated heterocycles. The normalized spacial score (nSPS) is 21.3. The van der Waals surface area contributed by atoms with Gasteiger partial charge in [-0.3, -0.25) is 4.79 Å². The van der Waals surface area contributed by atoms with Crippen LogP contribution in [0.3, 0.4) is 0 Å². The minimum atomic E-state index is -3.48. The van der Waals surface area contributed by atoms with Gasteiger partial charge in [0.05, 0.1) is 4.90 Å². The molecule has 1 heterocycles. The highest BCUT2D eigenvalue weighted by molar-refractivity contribution is 7.89. The first-order valence-corrected chi connectivity index (χ1v) is 7.93. The monoisotopic (exact) mass is 281 g/mol. The van der Waals surface area contributed by atoms with Crippen molar-refractivity contribution in [2.24, 2.45) is 5.92 Å². The van der Waals surface area contributed by atoms with Crippen molar-refractivity contribution < 1.29 is 13.2 Å². The van der Waals surface area contributed by atoms with Crippen molar-refractivity contribution in [2.75, 3.05) is 13.1 Å². The van der Waals surface area contributed by atoms with Crippen molar-refractivity contribution in [2.45, 2.75) is 31.6 Å². The molecule has 0 N–H and O–H groups in total. The van der Waals surface area contributed by atoms with Gasteiger partial charge in [0.2, 0.25) is 10.0 Å². The van der Waals surface area contributed by atoms with E-state index in [0.717, 1.165) is 18.4 Å². The van der Waals surface area contributed by atoms with E-state index in [4.69, 9.17) is 0 Å². The van der Waals surface area contributed by atoms with E-state index >= 15 is 0 Å². The second kappa shape index (κ2) is 5.43. The Morgan fingerprint density at radius 3 is 2.63 bits per heavy atom. The molecule has 0 radical (unpaired) electrons. The summed E-state index contributed by atoms with van der Waals surface area (Å²) in [5.41, 5.74) is 0.743. The summed E-state index contributed by atoms with van der Waals surface area (Å²) in [6.45, 7) is 4.14. The van der Waals surface area contributed by atoms with Crippen molar-refractivity contribution in [1.29, 1.82) is 0 Å². The van der Waals surface area contributed by atoms with Crippen LogP contribution in [0, 0.1) is 12.8 Å². The Kier molecular flexibility index (Phi) is 4.06. The first kappa shape index (κ1) is 14.2. The smallest absolute Gasteiger partial charge is 0.243 e. The molecule has 1 aliphatic rings. The Hall–Kier alpha value is -1.20. The number of hydrogen-bond donors (Lipinski definition) is 0. The van der Waals surface area contributed by atoms with Gasteiger partial charge in [0.15, 0.2) is 0 Å². The fourth-order valence-electron chi connectivity index (χ4n) is 2.48. The summed E-state index contributed by atoms with van der Waals surface area (Å²) >= 11 is 0. The van der Waals surface area contributed by atoms with Crippen molar-refractivity contribution in [3.05, 3.63) is 29.8 Å². The predicted molar refractivity (Wildman–Crippen MR) is 73.3 cm³/mol. The summed E-state index contributed by atoms with van der Waals surface area (Å²) in [6, 6.07) is 6.97. The minimum absolute atomic E-state index is 0.0738. The second-order valence-electron chi connectivity index (χ2n) is 5.08. The standard InChI is InChI=1S/C14H19NO3S/c1-11-6-3-4-8-14(11)19(17,18)15-9-5-7-13(10-15)12(2)16/h3-4,6,8,13H,5,7,9-10H2,1-2H3. The zero-order valence-corrected chi connectivity index (χ0v) is 12.1. The lowest BCUT2D eigenvalue weighted by Gasteiger charge is -2.31. The van der Waals surface area contributed by atoms with E-state index in [-0.39, 0.29) is 11.7 Å². The van der Waals surface area contributed by atoms with E-state index in [0.29, 0.717) is 18.0 Å². The van der Waals surface area contributed by atoms with Gasteiger partial charge >= 0.3 is 0 Å². The van der Waals surface area contributed by atoms with E-state index < -0.39 is 10.0 Å². The molecule has 0 aliphatic carbocycles. The van der Waals surface area contributed by atoms with Gasteiger partial charge in [-0.25, -0.2) is 8.42 Å². The average molecular weight is 281 g/mol. The molecule has 0 aromatic heterocycles. The van der Waals surface area contributed by atoms with Gasteiger partial charge in [0.1, 0.15) is 5.78 Å². The van der Waals surface area contributed by atoms with E-state index in [9.17, 15) is 13.2 Å². The molecule has 0 spiro atoms. The zero-order chi connectivity index (χ0) is 14.0. The number of aryl methyl sites for hydroxylation is 1. The van der Waals surface area contributed by atoms with Gasteiger partial charge < -0.3 is 0 Å². The second-order valence-corrected chi connectivity index (χ2v) is 6.98. The molecular weight excluding hydrogens is 262 g/mol. The van der Waals surface area contributed by atoms with E-state index in [1.165, 1.54) is 11.2 Å². The Labute approximate surface area is 114 Å². The number of rotatable bonds is 3. The van der Waals surface area contributed by atoms with Crippen LogP contribution in [0.5, 0.6) is 0 Å². The molecule has 104 valence electrons. The van der Waals surface area contributed by atoms with Gasteiger partial charge in [0.25, 0.3) is 0 Å². The SMILES string of the molecule is CC(=O)C1CCCN(S(=O)(=O)c2ccccc2C)C1. The maximum Gasteiger partial charge on any atom is 0.243 e. The molecule has 1 fully saturated rings. The van der Waals surface area contributed by atoms with Gasteiger partial charge in [-0.15, -0.1) is 0 Å². The molecule has 4 nitrogen and oxygen atoms in total. The van der Waals surface area contributed by atoms with Gasteiger partial charge in [-0.1, -0.05) is 18.2 Å². The number of piperidine rings is 1. The predicted octanol–water partition coefficient (Wildman–Crippen LogP) is 1.98.